The molecule has 11 atom stereocenters. The molecule has 4 N–H and O–H groups in total. The first-order valence-electron chi connectivity index (χ1n) is 14.2. The highest BCUT2D eigenvalue weighted by Gasteiger charge is 2.68. The largest absolute Gasteiger partial charge is 0.393 e. The Balaban J connectivity index is 1.43. The maximum Gasteiger partial charge on any atom is 0.111 e. The van der Waals surface area contributed by atoms with E-state index in [0.29, 0.717) is 30.8 Å². The van der Waals surface area contributed by atoms with Gasteiger partial charge in [0.25, 0.3) is 0 Å². The summed E-state index contributed by atoms with van der Waals surface area (Å²) in [5, 5.41) is 44.0. The maximum absolute atomic E-state index is 11.8. The van der Waals surface area contributed by atoms with Gasteiger partial charge in [-0.2, -0.15) is 0 Å². The average molecular weight is 491 g/mol. The van der Waals surface area contributed by atoms with E-state index in [4.69, 9.17) is 4.74 Å². The predicted octanol–water partition coefficient (Wildman–Crippen LogP) is 4.46. The normalized spacial score (nSPS) is 53.9. The van der Waals surface area contributed by atoms with Gasteiger partial charge in [-0.25, -0.2) is 0 Å². The van der Waals surface area contributed by atoms with Crippen molar-refractivity contribution in [3.8, 4) is 0 Å². The van der Waals surface area contributed by atoms with Crippen molar-refractivity contribution in [2.75, 3.05) is 6.61 Å². The first kappa shape index (κ1) is 26.2. The van der Waals surface area contributed by atoms with Crippen molar-refractivity contribution in [3.63, 3.8) is 0 Å². The molecule has 1 aliphatic heterocycles. The maximum atomic E-state index is 11.8. The van der Waals surface area contributed by atoms with Gasteiger partial charge in [-0.05, 0) is 98.7 Å². The Hall–Kier alpha value is -0.460. The fourth-order valence-electron chi connectivity index (χ4n) is 10.5. The van der Waals surface area contributed by atoms with Crippen LogP contribution in [0.4, 0.5) is 0 Å². The molecule has 0 aromatic carbocycles. The van der Waals surface area contributed by atoms with Gasteiger partial charge in [-0.1, -0.05) is 46.3 Å². The van der Waals surface area contributed by atoms with E-state index in [2.05, 4.69) is 40.7 Å². The Labute approximate surface area is 212 Å². The minimum Gasteiger partial charge on any atom is -0.393 e. The second-order valence-corrected chi connectivity index (χ2v) is 14.9. The molecule has 5 heteroatoms. The van der Waals surface area contributed by atoms with E-state index in [0.717, 1.165) is 38.5 Å². The highest BCUT2D eigenvalue weighted by atomic mass is 16.5. The Bertz CT molecular complexity index is 874. The summed E-state index contributed by atoms with van der Waals surface area (Å²) in [4.78, 5) is 0. The van der Waals surface area contributed by atoms with Gasteiger partial charge >= 0.3 is 0 Å². The lowest BCUT2D eigenvalue weighted by Crippen LogP contribution is -2.65. The highest BCUT2D eigenvalue weighted by Crippen LogP contribution is 2.73. The lowest BCUT2D eigenvalue weighted by Gasteiger charge is -2.68. The lowest BCUT2D eigenvalue weighted by atomic mass is 9.37. The molecule has 0 amide bonds. The number of ether oxygens (including phenoxy) is 1. The summed E-state index contributed by atoms with van der Waals surface area (Å²) in [6.07, 6.45) is 6.99. The summed E-state index contributed by atoms with van der Waals surface area (Å²) >= 11 is 0. The molecule has 1 saturated heterocycles. The van der Waals surface area contributed by atoms with E-state index >= 15 is 0 Å². The SMILES string of the molecule is CC(C)(O)[C@@H]1OC[C@H]([C@@H]2CC=C3[C@]4(C)[C@H](O)C[C@H]5C(C)(C)[C@H](O)CC[C@]5(C)[C@H]4CC[C@]32C)C[C@H]1O. The van der Waals surface area contributed by atoms with Crippen molar-refractivity contribution in [1.29, 1.82) is 0 Å². The van der Waals surface area contributed by atoms with Gasteiger partial charge in [-0.3, -0.25) is 0 Å². The van der Waals surface area contributed by atoms with Gasteiger partial charge in [0.15, 0.2) is 0 Å². The molecule has 0 aromatic heterocycles. The minimum absolute atomic E-state index is 0.00551. The van der Waals surface area contributed by atoms with Gasteiger partial charge in [-0.15, -0.1) is 0 Å². The summed E-state index contributed by atoms with van der Waals surface area (Å²) in [5.74, 6) is 1.35. The monoisotopic (exact) mass is 490 g/mol. The van der Waals surface area contributed by atoms with E-state index in [-0.39, 0.29) is 33.7 Å². The van der Waals surface area contributed by atoms with Crippen LogP contribution in [0, 0.1) is 45.3 Å². The van der Waals surface area contributed by atoms with E-state index < -0.39 is 23.9 Å². The van der Waals surface area contributed by atoms with E-state index in [1.165, 1.54) is 5.57 Å². The molecule has 0 radical (unpaired) electrons. The third kappa shape index (κ3) is 3.51. The summed E-state index contributed by atoms with van der Waals surface area (Å²) in [6, 6.07) is 0. The van der Waals surface area contributed by atoms with Gasteiger partial charge < -0.3 is 25.2 Å². The first-order valence-corrected chi connectivity index (χ1v) is 14.2. The molecule has 5 rings (SSSR count). The predicted molar refractivity (Wildman–Crippen MR) is 137 cm³/mol. The third-order valence-corrected chi connectivity index (χ3v) is 12.4. The van der Waals surface area contributed by atoms with Crippen LogP contribution in [0.15, 0.2) is 11.6 Å². The molecule has 0 unspecified atom stereocenters. The number of allylic oxidation sites excluding steroid dienone is 1. The second-order valence-electron chi connectivity index (χ2n) is 14.9. The zero-order chi connectivity index (χ0) is 25.8. The summed E-state index contributed by atoms with van der Waals surface area (Å²) in [6.45, 7) is 15.6. The lowest BCUT2D eigenvalue weighted by molar-refractivity contribution is -0.215. The van der Waals surface area contributed by atoms with Crippen molar-refractivity contribution in [3.05, 3.63) is 11.6 Å². The number of fused-ring (bicyclic) bond motifs is 5. The molecule has 0 aromatic rings. The van der Waals surface area contributed by atoms with Crippen molar-refractivity contribution in [1.82, 2.24) is 0 Å². The molecular weight excluding hydrogens is 440 g/mol. The zero-order valence-electron chi connectivity index (χ0n) is 23.1. The topological polar surface area (TPSA) is 90.2 Å². The molecule has 4 aliphatic carbocycles. The molecule has 5 aliphatic rings. The second kappa shape index (κ2) is 8.02. The van der Waals surface area contributed by atoms with Gasteiger partial charge in [0.1, 0.15) is 6.10 Å². The van der Waals surface area contributed by atoms with Crippen LogP contribution >= 0.6 is 0 Å². The Morgan fingerprint density at radius 1 is 0.914 bits per heavy atom. The smallest absolute Gasteiger partial charge is 0.111 e. The first-order chi connectivity index (χ1) is 16.1. The Morgan fingerprint density at radius 2 is 1.60 bits per heavy atom. The number of hydrogen-bond acceptors (Lipinski definition) is 5. The summed E-state index contributed by atoms with van der Waals surface area (Å²) < 4.78 is 6.08. The quantitative estimate of drug-likeness (QED) is 0.429. The molecular formula is C30H50O5. The van der Waals surface area contributed by atoms with Gasteiger partial charge in [0.05, 0.1) is 30.5 Å². The standard InChI is InChI=1S/C30H50O5/c1-26(2)22-15-24(33)30(7)20-9-8-18(17-14-19(31)25(35-16-17)27(3,4)34)28(20,5)12-10-21(30)29(22,6)13-11-23(26)32/h9,17-19,21-25,31-34H,8,10-16H2,1-7H3/t17-,18+,19-,21-,22+,23-,24-,25-,28+,29-,30+/m1/s1. The van der Waals surface area contributed by atoms with Crippen LogP contribution in [0.3, 0.4) is 0 Å². The van der Waals surface area contributed by atoms with Crippen LogP contribution in [-0.2, 0) is 4.74 Å². The number of hydrogen-bond donors (Lipinski definition) is 4. The van der Waals surface area contributed by atoms with Crippen molar-refractivity contribution in [2.24, 2.45) is 45.3 Å². The van der Waals surface area contributed by atoms with Crippen molar-refractivity contribution >= 4 is 0 Å². The van der Waals surface area contributed by atoms with Crippen LogP contribution in [-0.4, -0.2) is 57.0 Å². The fourth-order valence-corrected chi connectivity index (χ4v) is 10.5. The highest BCUT2D eigenvalue weighted by molar-refractivity contribution is 5.36. The van der Waals surface area contributed by atoms with Crippen LogP contribution < -0.4 is 0 Å². The third-order valence-electron chi connectivity index (χ3n) is 12.4. The molecule has 0 spiro atoms. The van der Waals surface area contributed by atoms with E-state index in [9.17, 15) is 20.4 Å². The minimum atomic E-state index is -1.06. The van der Waals surface area contributed by atoms with E-state index in [1.54, 1.807) is 13.8 Å². The molecule has 3 saturated carbocycles. The summed E-state index contributed by atoms with van der Waals surface area (Å²) in [7, 11) is 0. The van der Waals surface area contributed by atoms with Crippen LogP contribution in [0.5, 0.6) is 0 Å². The van der Waals surface area contributed by atoms with Gasteiger partial charge in [0.2, 0.25) is 0 Å². The Kier molecular flexibility index (Phi) is 6.00. The number of aliphatic hydroxyl groups is 4. The number of aliphatic hydroxyl groups excluding tert-OH is 3. The molecule has 1 heterocycles. The van der Waals surface area contributed by atoms with Crippen molar-refractivity contribution < 1.29 is 25.2 Å². The van der Waals surface area contributed by atoms with E-state index in [1.807, 2.05) is 0 Å². The van der Waals surface area contributed by atoms with Crippen molar-refractivity contribution in [2.45, 2.75) is 123 Å². The molecule has 4 fully saturated rings. The molecule has 5 nitrogen and oxygen atoms in total. The molecule has 0 bridgehead atoms. The average Bonchev–Trinajstić information content (AvgIpc) is 3.11. The van der Waals surface area contributed by atoms with Gasteiger partial charge in [0, 0.05) is 5.41 Å². The number of rotatable bonds is 2. The summed E-state index contributed by atoms with van der Waals surface area (Å²) in [5.41, 5.74) is 0.0552. The molecule has 35 heavy (non-hydrogen) atoms. The van der Waals surface area contributed by atoms with Crippen LogP contribution in [0.25, 0.3) is 0 Å². The Morgan fingerprint density at radius 3 is 2.23 bits per heavy atom. The fraction of sp³-hybridized carbons (Fsp3) is 0.933. The van der Waals surface area contributed by atoms with Crippen LogP contribution in [0.1, 0.15) is 93.4 Å². The molecule has 200 valence electrons. The van der Waals surface area contributed by atoms with Crippen LogP contribution in [0.2, 0.25) is 0 Å². The zero-order valence-corrected chi connectivity index (χ0v) is 23.1.